The molecule has 1 aliphatic carbocycles. The molecule has 0 heterocycles. The first kappa shape index (κ1) is 19.4. The maximum absolute atomic E-state index is 11.8. The molecular weight excluding hydrogens is 409 g/mol. The quantitative estimate of drug-likeness (QED) is 0.423. The first-order chi connectivity index (χ1) is 9.93. The number of guanidine groups is 1. The first-order valence-corrected chi connectivity index (χ1v) is 8.99. The van der Waals surface area contributed by atoms with Gasteiger partial charge in [-0.15, -0.1) is 24.0 Å². The molecule has 0 spiro atoms. The molecule has 3 N–H and O–H groups in total. The molecule has 22 heavy (non-hydrogen) atoms. The number of nitrogens with zero attached hydrogens (tertiary/aromatic N) is 1. The second-order valence-electron chi connectivity index (χ2n) is 6.10. The highest BCUT2D eigenvalue weighted by atomic mass is 127. The Balaban J connectivity index is 0.00000242. The summed E-state index contributed by atoms with van der Waals surface area (Å²) in [6.07, 6.45) is 4.87. The van der Waals surface area contributed by atoms with Crippen molar-refractivity contribution in [3.8, 4) is 0 Å². The van der Waals surface area contributed by atoms with E-state index in [1.54, 1.807) is 6.26 Å². The van der Waals surface area contributed by atoms with E-state index in [1.807, 2.05) is 12.1 Å². The van der Waals surface area contributed by atoms with Crippen LogP contribution in [0.1, 0.15) is 44.6 Å². The van der Waals surface area contributed by atoms with Gasteiger partial charge < -0.3 is 11.1 Å². The van der Waals surface area contributed by atoms with Gasteiger partial charge in [-0.1, -0.05) is 32.4 Å². The smallest absolute Gasteiger partial charge is 0.193 e. The molecule has 1 aromatic rings. The highest BCUT2D eigenvalue weighted by molar-refractivity contribution is 14.0. The molecule has 0 radical (unpaired) electrons. The van der Waals surface area contributed by atoms with Crippen molar-refractivity contribution in [1.29, 1.82) is 0 Å². The fourth-order valence-corrected chi connectivity index (χ4v) is 3.61. The number of hydrogen-bond acceptors (Lipinski definition) is 2. The van der Waals surface area contributed by atoms with Crippen molar-refractivity contribution in [3.63, 3.8) is 0 Å². The minimum atomic E-state index is -0.845. The van der Waals surface area contributed by atoms with E-state index in [9.17, 15) is 4.21 Å². The molecule has 124 valence electrons. The number of hydrogen-bond donors (Lipinski definition) is 2. The molecule has 0 amide bonds. The molecule has 1 fully saturated rings. The molecule has 6 heteroatoms. The maximum Gasteiger partial charge on any atom is 0.193 e. The molecule has 1 aliphatic rings. The number of anilines is 1. The van der Waals surface area contributed by atoms with E-state index in [4.69, 9.17) is 5.73 Å². The molecule has 4 nitrogen and oxygen atoms in total. The third-order valence-electron chi connectivity index (χ3n) is 4.24. The lowest BCUT2D eigenvalue weighted by atomic mass is 9.84. The SMILES string of the molecule is CC(C)c1cccc(NC(N)=NCC2(S(C)=O)CCC2)c1.I. The Hall–Kier alpha value is -0.630. The molecule has 0 bridgehead atoms. The van der Waals surface area contributed by atoms with Crippen LogP contribution in [-0.2, 0) is 10.8 Å². The Bertz CT molecular complexity index is 556. The predicted molar refractivity (Wildman–Crippen MR) is 107 cm³/mol. The van der Waals surface area contributed by atoms with E-state index in [2.05, 4.69) is 36.3 Å². The van der Waals surface area contributed by atoms with Crippen molar-refractivity contribution in [2.75, 3.05) is 18.1 Å². The van der Waals surface area contributed by atoms with Crippen LogP contribution in [0.25, 0.3) is 0 Å². The zero-order chi connectivity index (χ0) is 15.5. The Morgan fingerprint density at radius 1 is 1.45 bits per heavy atom. The Morgan fingerprint density at radius 2 is 2.14 bits per heavy atom. The normalized spacial score (nSPS) is 18.3. The minimum absolute atomic E-state index is 0. The molecule has 1 saturated carbocycles. The summed E-state index contributed by atoms with van der Waals surface area (Å²) in [5.74, 6) is 0.873. The summed E-state index contributed by atoms with van der Waals surface area (Å²) < 4.78 is 11.7. The second kappa shape index (κ2) is 8.29. The summed E-state index contributed by atoms with van der Waals surface area (Å²) in [6, 6.07) is 8.18. The van der Waals surface area contributed by atoms with Crippen LogP contribution in [0.2, 0.25) is 0 Å². The monoisotopic (exact) mass is 435 g/mol. The number of rotatable bonds is 5. The molecule has 1 aromatic carbocycles. The van der Waals surface area contributed by atoms with Crippen LogP contribution in [-0.4, -0.2) is 27.7 Å². The Morgan fingerprint density at radius 3 is 2.64 bits per heavy atom. The van der Waals surface area contributed by atoms with Crippen molar-refractivity contribution >= 4 is 46.4 Å². The largest absolute Gasteiger partial charge is 0.370 e. The van der Waals surface area contributed by atoms with E-state index in [1.165, 1.54) is 5.56 Å². The zero-order valence-corrected chi connectivity index (χ0v) is 16.6. The molecule has 2 rings (SSSR count). The lowest BCUT2D eigenvalue weighted by Crippen LogP contribution is -2.44. The minimum Gasteiger partial charge on any atom is -0.370 e. The fraction of sp³-hybridized carbons (Fsp3) is 0.562. The average molecular weight is 435 g/mol. The third-order valence-corrected chi connectivity index (χ3v) is 5.99. The summed E-state index contributed by atoms with van der Waals surface area (Å²) in [5, 5.41) is 3.13. The number of nitrogens with two attached hydrogens (primary N) is 1. The van der Waals surface area contributed by atoms with Gasteiger partial charge in [-0.25, -0.2) is 0 Å². The van der Waals surface area contributed by atoms with Gasteiger partial charge in [0.25, 0.3) is 0 Å². The maximum atomic E-state index is 11.8. The van der Waals surface area contributed by atoms with E-state index in [0.29, 0.717) is 18.4 Å². The van der Waals surface area contributed by atoms with Gasteiger partial charge in [0.1, 0.15) is 0 Å². The van der Waals surface area contributed by atoms with Gasteiger partial charge in [0.05, 0.1) is 11.3 Å². The zero-order valence-electron chi connectivity index (χ0n) is 13.5. The highest BCUT2D eigenvalue weighted by Gasteiger charge is 2.40. The second-order valence-corrected chi connectivity index (χ2v) is 7.87. The average Bonchev–Trinajstić information content (AvgIpc) is 2.37. The molecular formula is C16H26IN3OS. The van der Waals surface area contributed by atoms with Gasteiger partial charge in [0.2, 0.25) is 0 Å². The van der Waals surface area contributed by atoms with Crippen LogP contribution in [0, 0.1) is 0 Å². The van der Waals surface area contributed by atoms with E-state index >= 15 is 0 Å². The molecule has 1 unspecified atom stereocenters. The lowest BCUT2D eigenvalue weighted by molar-refractivity contribution is 0.361. The van der Waals surface area contributed by atoms with Crippen molar-refractivity contribution in [3.05, 3.63) is 29.8 Å². The third kappa shape index (κ3) is 4.68. The first-order valence-electron chi connectivity index (χ1n) is 7.43. The van der Waals surface area contributed by atoms with Crippen LogP contribution < -0.4 is 11.1 Å². The molecule has 1 atom stereocenters. The number of benzene rings is 1. The van der Waals surface area contributed by atoms with Gasteiger partial charge in [-0.05, 0) is 36.5 Å². The van der Waals surface area contributed by atoms with Gasteiger partial charge in [0.15, 0.2) is 5.96 Å². The van der Waals surface area contributed by atoms with Crippen molar-refractivity contribution < 1.29 is 4.21 Å². The summed E-state index contributed by atoms with van der Waals surface area (Å²) >= 11 is 0. The van der Waals surface area contributed by atoms with E-state index in [-0.39, 0.29) is 28.7 Å². The van der Waals surface area contributed by atoms with Crippen molar-refractivity contribution in [2.45, 2.75) is 43.8 Å². The van der Waals surface area contributed by atoms with Gasteiger partial charge >= 0.3 is 0 Å². The van der Waals surface area contributed by atoms with Crippen molar-refractivity contribution in [2.24, 2.45) is 10.7 Å². The number of aliphatic imine (C=N–C) groups is 1. The Kier molecular flexibility index (Phi) is 7.31. The summed E-state index contributed by atoms with van der Waals surface area (Å²) in [5.41, 5.74) is 8.17. The topological polar surface area (TPSA) is 67.5 Å². The summed E-state index contributed by atoms with van der Waals surface area (Å²) in [6.45, 7) is 4.86. The summed E-state index contributed by atoms with van der Waals surface area (Å²) in [7, 11) is -0.845. The molecule has 0 aliphatic heterocycles. The molecule has 0 aromatic heterocycles. The predicted octanol–water partition coefficient (Wildman–Crippen LogP) is 3.46. The fourth-order valence-electron chi connectivity index (χ4n) is 2.50. The highest BCUT2D eigenvalue weighted by Crippen LogP contribution is 2.37. The Labute approximate surface area is 152 Å². The van der Waals surface area contributed by atoms with Gasteiger partial charge in [0, 0.05) is 22.7 Å². The van der Waals surface area contributed by atoms with Crippen LogP contribution >= 0.6 is 24.0 Å². The number of halogens is 1. The van der Waals surface area contributed by atoms with Gasteiger partial charge in [-0.2, -0.15) is 0 Å². The lowest BCUT2D eigenvalue weighted by Gasteiger charge is -2.38. The van der Waals surface area contributed by atoms with Crippen LogP contribution in [0.4, 0.5) is 5.69 Å². The van der Waals surface area contributed by atoms with Gasteiger partial charge in [-0.3, -0.25) is 9.20 Å². The van der Waals surface area contributed by atoms with Crippen LogP contribution in [0.3, 0.4) is 0 Å². The van der Waals surface area contributed by atoms with Crippen molar-refractivity contribution in [1.82, 2.24) is 0 Å². The van der Waals surface area contributed by atoms with E-state index in [0.717, 1.165) is 24.9 Å². The van der Waals surface area contributed by atoms with Crippen LogP contribution in [0.15, 0.2) is 29.3 Å². The standard InChI is InChI=1S/C16H25N3OS.HI/c1-12(2)13-6-4-7-14(10-13)19-15(17)18-11-16(21(3)20)8-5-9-16;/h4,6-7,10,12H,5,8-9,11H2,1-3H3,(H3,17,18,19);1H. The molecule has 0 saturated heterocycles. The number of nitrogens with one attached hydrogen (secondary N) is 1. The summed E-state index contributed by atoms with van der Waals surface area (Å²) in [4.78, 5) is 4.40. The van der Waals surface area contributed by atoms with E-state index < -0.39 is 10.8 Å². The van der Waals surface area contributed by atoms with Crippen LogP contribution in [0.5, 0.6) is 0 Å².